The molecule has 0 aliphatic carbocycles. The summed E-state index contributed by atoms with van der Waals surface area (Å²) in [5, 5.41) is 0. The van der Waals surface area contributed by atoms with E-state index in [9.17, 15) is 19.2 Å². The van der Waals surface area contributed by atoms with Crippen LogP contribution in [-0.4, -0.2) is 55.7 Å². The number of hydrogen-bond acceptors (Lipinski definition) is 11. The van der Waals surface area contributed by atoms with Gasteiger partial charge in [0.25, 0.3) is 0 Å². The van der Waals surface area contributed by atoms with Crippen molar-refractivity contribution in [3.05, 3.63) is 23.8 Å². The maximum absolute atomic E-state index is 12.7. The number of carbonyl (C=O) groups is 4. The fourth-order valence-corrected chi connectivity index (χ4v) is 2.78. The third-order valence-corrected chi connectivity index (χ3v) is 5.27. The van der Waals surface area contributed by atoms with E-state index in [1.807, 2.05) is 41.5 Å². The minimum absolute atomic E-state index is 0.00383. The minimum Gasteiger partial charge on any atom is -0.458 e. The van der Waals surface area contributed by atoms with Crippen LogP contribution in [0.1, 0.15) is 81.7 Å². The lowest BCUT2D eigenvalue weighted by atomic mass is 9.97. The Labute approximate surface area is 243 Å². The molecule has 0 saturated heterocycles. The smallest absolute Gasteiger partial charge is 0.458 e. The number of esters is 2. The van der Waals surface area contributed by atoms with Crippen molar-refractivity contribution in [1.29, 1.82) is 0 Å². The van der Waals surface area contributed by atoms with Crippen LogP contribution in [0.25, 0.3) is 0 Å². The number of rotatable bonds is 10. The van der Waals surface area contributed by atoms with E-state index in [-0.39, 0.29) is 42.0 Å². The summed E-state index contributed by atoms with van der Waals surface area (Å²) >= 11 is 0. The van der Waals surface area contributed by atoms with Crippen molar-refractivity contribution >= 4 is 24.2 Å². The molecule has 11 heteroatoms. The summed E-state index contributed by atoms with van der Waals surface area (Å²) in [7, 11) is 0. The van der Waals surface area contributed by atoms with Gasteiger partial charge in [0.15, 0.2) is 11.5 Å². The van der Waals surface area contributed by atoms with E-state index in [0.29, 0.717) is 5.56 Å². The van der Waals surface area contributed by atoms with E-state index >= 15 is 0 Å². The SMILES string of the molecule is C[C@H](OC(=O)[C@@H](N)Cc1ccc(OC(=O)OCC(C)(C)C)c(OC(=O)OCC(C)(C)C)c1)[C@H](C)OC(=O)C(C)(C)C. The van der Waals surface area contributed by atoms with Gasteiger partial charge in [-0.3, -0.25) is 9.59 Å². The lowest BCUT2D eigenvalue weighted by Crippen LogP contribution is -2.40. The lowest BCUT2D eigenvalue weighted by molar-refractivity contribution is -0.171. The number of benzene rings is 1. The standard InChI is InChI=1S/C30H47NO10/c1-18(19(2)39-25(33)30(9,10)11)38-24(32)21(31)14-20-12-13-22(40-26(34)36-16-28(3,4)5)23(15-20)41-27(35)37-17-29(6,7)8/h12-13,15,18-19,21H,14,16-17,31H2,1-11H3/t18-,19-,21-/m0/s1. The Bertz CT molecular complexity index is 1060. The molecule has 0 radical (unpaired) electrons. The molecule has 0 bridgehead atoms. The van der Waals surface area contributed by atoms with Gasteiger partial charge < -0.3 is 34.2 Å². The van der Waals surface area contributed by atoms with Crippen molar-refractivity contribution in [2.75, 3.05) is 13.2 Å². The van der Waals surface area contributed by atoms with E-state index in [2.05, 4.69) is 0 Å². The van der Waals surface area contributed by atoms with E-state index in [0.717, 1.165) is 0 Å². The number of nitrogens with two attached hydrogens (primary N) is 1. The molecule has 0 aliphatic rings. The summed E-state index contributed by atoms with van der Waals surface area (Å²) in [5.74, 6) is -1.34. The fraction of sp³-hybridized carbons (Fsp3) is 0.667. The van der Waals surface area contributed by atoms with Crippen LogP contribution in [0.5, 0.6) is 11.5 Å². The van der Waals surface area contributed by atoms with Crippen LogP contribution in [0.4, 0.5) is 9.59 Å². The molecule has 0 unspecified atom stereocenters. The second-order valence-corrected chi connectivity index (χ2v) is 13.5. The Morgan fingerprint density at radius 1 is 0.732 bits per heavy atom. The molecule has 3 atom stereocenters. The summed E-state index contributed by atoms with van der Waals surface area (Å²) < 4.78 is 31.7. The average Bonchev–Trinajstić information content (AvgIpc) is 2.81. The lowest BCUT2D eigenvalue weighted by Gasteiger charge is -2.25. The first-order chi connectivity index (χ1) is 18.6. The van der Waals surface area contributed by atoms with Gasteiger partial charge in [0.2, 0.25) is 0 Å². The molecule has 0 heterocycles. The maximum Gasteiger partial charge on any atom is 0.513 e. The molecule has 1 aromatic carbocycles. The molecule has 0 saturated carbocycles. The third-order valence-electron chi connectivity index (χ3n) is 5.27. The third kappa shape index (κ3) is 14.2. The van der Waals surface area contributed by atoms with Crippen LogP contribution >= 0.6 is 0 Å². The Morgan fingerprint density at radius 2 is 1.20 bits per heavy atom. The van der Waals surface area contributed by atoms with E-state index in [1.165, 1.54) is 12.1 Å². The molecule has 0 spiro atoms. The molecular formula is C30H47NO10. The van der Waals surface area contributed by atoms with Crippen molar-refractivity contribution in [1.82, 2.24) is 0 Å². The predicted octanol–water partition coefficient (Wildman–Crippen LogP) is 5.59. The zero-order valence-corrected chi connectivity index (χ0v) is 26.2. The zero-order valence-electron chi connectivity index (χ0n) is 26.2. The molecule has 11 nitrogen and oxygen atoms in total. The van der Waals surface area contributed by atoms with Crippen molar-refractivity contribution in [2.45, 2.75) is 101 Å². The van der Waals surface area contributed by atoms with Crippen LogP contribution in [0.3, 0.4) is 0 Å². The fourth-order valence-electron chi connectivity index (χ4n) is 2.78. The quantitative estimate of drug-likeness (QED) is 0.209. The van der Waals surface area contributed by atoms with Crippen molar-refractivity contribution < 1.29 is 47.6 Å². The first-order valence-electron chi connectivity index (χ1n) is 13.6. The van der Waals surface area contributed by atoms with E-state index in [4.69, 9.17) is 34.2 Å². The van der Waals surface area contributed by atoms with E-state index in [1.54, 1.807) is 40.7 Å². The highest BCUT2D eigenvalue weighted by Gasteiger charge is 2.29. The largest absolute Gasteiger partial charge is 0.513 e. The average molecular weight is 582 g/mol. The molecule has 41 heavy (non-hydrogen) atoms. The molecule has 0 aliphatic heterocycles. The zero-order chi connectivity index (χ0) is 31.8. The Kier molecular flexibility index (Phi) is 12.6. The van der Waals surface area contributed by atoms with E-state index < -0.39 is 47.9 Å². The molecule has 0 aromatic heterocycles. The molecule has 2 N–H and O–H groups in total. The number of ether oxygens (including phenoxy) is 6. The summed E-state index contributed by atoms with van der Waals surface area (Å²) in [6.07, 6.45) is -3.40. The first-order valence-corrected chi connectivity index (χ1v) is 13.6. The second-order valence-electron chi connectivity index (χ2n) is 13.5. The van der Waals surface area contributed by atoms with Gasteiger partial charge in [0.1, 0.15) is 18.2 Å². The Balaban J connectivity index is 3.00. The van der Waals surface area contributed by atoms with Crippen LogP contribution < -0.4 is 15.2 Å². The predicted molar refractivity (Wildman–Crippen MR) is 152 cm³/mol. The van der Waals surface area contributed by atoms with Crippen LogP contribution in [0, 0.1) is 16.2 Å². The highest BCUT2D eigenvalue weighted by atomic mass is 16.7. The molecular weight excluding hydrogens is 534 g/mol. The number of hydrogen-bond donors (Lipinski definition) is 1. The highest BCUT2D eigenvalue weighted by Crippen LogP contribution is 2.30. The van der Waals surface area contributed by atoms with Gasteiger partial charge in [-0.25, -0.2) is 9.59 Å². The van der Waals surface area contributed by atoms with Gasteiger partial charge in [-0.2, -0.15) is 0 Å². The maximum atomic E-state index is 12.7. The summed E-state index contributed by atoms with van der Waals surface area (Å²) in [6.45, 7) is 19.9. The summed E-state index contributed by atoms with van der Waals surface area (Å²) in [4.78, 5) is 49.4. The second kappa shape index (κ2) is 14.5. The summed E-state index contributed by atoms with van der Waals surface area (Å²) in [5.41, 5.74) is 5.30. The van der Waals surface area contributed by atoms with Crippen LogP contribution in [0.15, 0.2) is 18.2 Å². The van der Waals surface area contributed by atoms with Crippen molar-refractivity contribution in [2.24, 2.45) is 22.0 Å². The molecule has 1 rings (SSSR count). The van der Waals surface area contributed by atoms with Gasteiger partial charge in [0, 0.05) is 0 Å². The monoisotopic (exact) mass is 581 g/mol. The van der Waals surface area contributed by atoms with Crippen LogP contribution in [0.2, 0.25) is 0 Å². The Hall–Kier alpha value is -3.34. The normalized spacial score (nSPS) is 14.2. The van der Waals surface area contributed by atoms with Gasteiger partial charge in [-0.15, -0.1) is 0 Å². The molecule has 0 fully saturated rings. The van der Waals surface area contributed by atoms with Crippen LogP contribution in [-0.2, 0) is 35.0 Å². The topological polar surface area (TPSA) is 150 Å². The van der Waals surface area contributed by atoms with Gasteiger partial charge in [-0.1, -0.05) is 47.6 Å². The molecule has 232 valence electrons. The van der Waals surface area contributed by atoms with Gasteiger partial charge in [-0.05, 0) is 69.6 Å². The number of carbonyl (C=O) groups excluding carboxylic acids is 4. The van der Waals surface area contributed by atoms with Gasteiger partial charge >= 0.3 is 24.2 Å². The van der Waals surface area contributed by atoms with Gasteiger partial charge in [0.05, 0.1) is 18.6 Å². The minimum atomic E-state index is -1.09. The highest BCUT2D eigenvalue weighted by molar-refractivity contribution is 5.77. The first kappa shape index (κ1) is 35.7. The Morgan fingerprint density at radius 3 is 1.66 bits per heavy atom. The van der Waals surface area contributed by atoms with Crippen molar-refractivity contribution in [3.8, 4) is 11.5 Å². The molecule has 1 aromatic rings. The van der Waals surface area contributed by atoms with Crippen molar-refractivity contribution in [3.63, 3.8) is 0 Å². The summed E-state index contributed by atoms with van der Waals surface area (Å²) in [6, 6.07) is 3.28. The molecule has 0 amide bonds.